The molecule has 154 valence electrons. The number of rotatable bonds is 6. The first-order chi connectivity index (χ1) is 14.4. The van der Waals surface area contributed by atoms with Crippen molar-refractivity contribution in [2.24, 2.45) is 5.92 Å². The molecule has 0 bridgehead atoms. The summed E-state index contributed by atoms with van der Waals surface area (Å²) in [7, 11) is 0. The van der Waals surface area contributed by atoms with Gasteiger partial charge in [-0.3, -0.25) is 4.79 Å². The van der Waals surface area contributed by atoms with E-state index in [1.807, 2.05) is 6.92 Å². The number of aromatic nitrogens is 3. The number of hydrogen-bond donors (Lipinski definition) is 1. The first-order valence-corrected chi connectivity index (χ1v) is 9.49. The zero-order chi connectivity index (χ0) is 21.3. The van der Waals surface area contributed by atoms with Gasteiger partial charge in [-0.1, -0.05) is 12.1 Å². The van der Waals surface area contributed by atoms with Crippen LogP contribution in [0.2, 0.25) is 0 Å². The van der Waals surface area contributed by atoms with Crippen LogP contribution in [0.5, 0.6) is 5.75 Å². The summed E-state index contributed by atoms with van der Waals surface area (Å²) in [4.78, 5) is 25.1. The van der Waals surface area contributed by atoms with Crippen molar-refractivity contribution in [1.82, 2.24) is 15.0 Å². The van der Waals surface area contributed by atoms with Crippen LogP contribution < -0.4 is 10.1 Å². The number of aryl methyl sites for hydroxylation is 2. The quantitative estimate of drug-likeness (QED) is 0.670. The number of anilines is 1. The molecule has 4 rings (SSSR count). The second kappa shape index (κ2) is 7.78. The number of amides is 1. The topological polar surface area (TPSA) is 77.0 Å². The summed E-state index contributed by atoms with van der Waals surface area (Å²) in [6.45, 7) is 3.77. The number of carbonyl (C=O) groups excluding carboxylic acids is 1. The van der Waals surface area contributed by atoms with Crippen LogP contribution in [0.15, 0.2) is 48.8 Å². The molecule has 2 heterocycles. The maximum Gasteiger partial charge on any atom is 0.229 e. The van der Waals surface area contributed by atoms with E-state index in [0.717, 1.165) is 6.20 Å². The van der Waals surface area contributed by atoms with E-state index in [4.69, 9.17) is 4.74 Å². The third-order valence-electron chi connectivity index (χ3n) is 5.31. The highest BCUT2D eigenvalue weighted by Crippen LogP contribution is 2.55. The number of nitrogens with one attached hydrogen (secondary N) is 1. The van der Waals surface area contributed by atoms with Crippen molar-refractivity contribution in [3.05, 3.63) is 77.5 Å². The Bertz CT molecular complexity index is 1090. The van der Waals surface area contributed by atoms with Crippen molar-refractivity contribution in [3.63, 3.8) is 0 Å². The Hall–Kier alpha value is -3.42. The molecule has 0 spiro atoms. The molecule has 1 saturated carbocycles. The fourth-order valence-corrected chi connectivity index (χ4v) is 3.59. The standard InChI is InChI=1S/C22H20F2N4O2/c1-13-19(11-25-14(2)27-13)30-12-22(15-4-3-5-16(23)8-15)9-18(22)21(29)28-20-7-6-17(24)10-26-20/h3-8,10-11,18H,9,12H2,1-2H3,(H,26,28,29)/t18-,22-/m0/s1. The highest BCUT2D eigenvalue weighted by atomic mass is 19.1. The van der Waals surface area contributed by atoms with Crippen LogP contribution in [0, 0.1) is 31.4 Å². The second-order valence-corrected chi connectivity index (χ2v) is 7.43. The lowest BCUT2D eigenvalue weighted by atomic mass is 9.93. The minimum Gasteiger partial charge on any atom is -0.489 e. The minimum absolute atomic E-state index is 0.165. The Labute approximate surface area is 172 Å². The van der Waals surface area contributed by atoms with Crippen LogP contribution in [0.1, 0.15) is 23.5 Å². The maximum atomic E-state index is 13.9. The molecule has 30 heavy (non-hydrogen) atoms. The molecule has 0 aliphatic heterocycles. The summed E-state index contributed by atoms with van der Waals surface area (Å²) < 4.78 is 32.9. The molecule has 8 heteroatoms. The summed E-state index contributed by atoms with van der Waals surface area (Å²) in [6, 6.07) is 8.79. The van der Waals surface area contributed by atoms with Crippen molar-refractivity contribution < 1.29 is 18.3 Å². The molecule has 1 aliphatic carbocycles. The van der Waals surface area contributed by atoms with E-state index in [9.17, 15) is 13.6 Å². The van der Waals surface area contributed by atoms with Crippen LogP contribution in [0.4, 0.5) is 14.6 Å². The summed E-state index contributed by atoms with van der Waals surface area (Å²) >= 11 is 0. The normalized spacial score (nSPS) is 19.9. The van der Waals surface area contributed by atoms with E-state index < -0.39 is 17.2 Å². The molecule has 2 atom stereocenters. The number of hydrogen-bond acceptors (Lipinski definition) is 5. The van der Waals surface area contributed by atoms with Gasteiger partial charge in [0.05, 0.1) is 30.6 Å². The van der Waals surface area contributed by atoms with Crippen LogP contribution in [0.3, 0.4) is 0 Å². The van der Waals surface area contributed by atoms with E-state index in [0.29, 0.717) is 29.3 Å². The van der Waals surface area contributed by atoms with Gasteiger partial charge in [-0.2, -0.15) is 0 Å². The molecule has 3 aromatic rings. The third-order valence-corrected chi connectivity index (χ3v) is 5.31. The van der Waals surface area contributed by atoms with Gasteiger partial charge in [0.1, 0.15) is 23.3 Å². The lowest BCUT2D eigenvalue weighted by molar-refractivity contribution is -0.117. The predicted molar refractivity (Wildman–Crippen MR) is 106 cm³/mol. The fourth-order valence-electron chi connectivity index (χ4n) is 3.59. The van der Waals surface area contributed by atoms with Gasteiger partial charge in [0.15, 0.2) is 5.75 Å². The highest BCUT2D eigenvalue weighted by Gasteiger charge is 2.60. The Balaban J connectivity index is 1.56. The first-order valence-electron chi connectivity index (χ1n) is 9.49. The monoisotopic (exact) mass is 410 g/mol. The van der Waals surface area contributed by atoms with Crippen molar-refractivity contribution in [1.29, 1.82) is 0 Å². The molecular formula is C22H20F2N4O2. The lowest BCUT2D eigenvalue weighted by Gasteiger charge is -2.19. The summed E-state index contributed by atoms with van der Waals surface area (Å²) in [6.07, 6.45) is 3.11. The maximum absolute atomic E-state index is 13.9. The van der Waals surface area contributed by atoms with Gasteiger partial charge in [-0.05, 0) is 50.1 Å². The first kappa shape index (κ1) is 19.9. The lowest BCUT2D eigenvalue weighted by Crippen LogP contribution is -2.27. The number of carbonyl (C=O) groups is 1. The van der Waals surface area contributed by atoms with Crippen molar-refractivity contribution in [2.75, 3.05) is 11.9 Å². The zero-order valence-corrected chi connectivity index (χ0v) is 16.5. The Morgan fingerprint density at radius 2 is 2.00 bits per heavy atom. The van der Waals surface area contributed by atoms with E-state index in [1.54, 1.807) is 25.3 Å². The number of pyridine rings is 1. The molecule has 1 N–H and O–H groups in total. The van der Waals surface area contributed by atoms with Crippen LogP contribution in [0.25, 0.3) is 0 Å². The van der Waals surface area contributed by atoms with Gasteiger partial charge in [-0.15, -0.1) is 0 Å². The molecule has 0 unspecified atom stereocenters. The SMILES string of the molecule is Cc1ncc(OC[C@]2(c3cccc(F)c3)C[C@H]2C(=O)Nc2ccc(F)cn2)c(C)n1. The molecule has 1 aromatic carbocycles. The van der Waals surface area contributed by atoms with Crippen LogP contribution in [-0.2, 0) is 10.2 Å². The van der Waals surface area contributed by atoms with Gasteiger partial charge in [0.25, 0.3) is 0 Å². The fraction of sp³-hybridized carbons (Fsp3) is 0.273. The minimum atomic E-state index is -0.691. The van der Waals surface area contributed by atoms with Gasteiger partial charge in [0.2, 0.25) is 5.91 Å². The van der Waals surface area contributed by atoms with Crippen molar-refractivity contribution in [2.45, 2.75) is 25.7 Å². The molecular weight excluding hydrogens is 390 g/mol. The largest absolute Gasteiger partial charge is 0.489 e. The molecule has 6 nitrogen and oxygen atoms in total. The van der Waals surface area contributed by atoms with E-state index >= 15 is 0 Å². The molecule has 1 aliphatic rings. The van der Waals surface area contributed by atoms with Crippen LogP contribution in [-0.4, -0.2) is 27.5 Å². The molecule has 0 saturated heterocycles. The van der Waals surface area contributed by atoms with E-state index in [2.05, 4.69) is 20.3 Å². The number of benzene rings is 1. The number of ether oxygens (including phenoxy) is 1. The molecule has 1 fully saturated rings. The van der Waals surface area contributed by atoms with E-state index in [1.165, 1.54) is 24.3 Å². The summed E-state index contributed by atoms with van der Waals surface area (Å²) in [5.74, 6) is -0.190. The molecule has 1 amide bonds. The molecule has 0 radical (unpaired) electrons. The summed E-state index contributed by atoms with van der Waals surface area (Å²) in [5, 5.41) is 2.70. The molecule has 2 aromatic heterocycles. The average Bonchev–Trinajstić information content (AvgIpc) is 3.45. The zero-order valence-electron chi connectivity index (χ0n) is 16.5. The number of nitrogens with zero attached hydrogens (tertiary/aromatic N) is 3. The highest BCUT2D eigenvalue weighted by molar-refractivity contribution is 5.95. The number of halogens is 2. The Kier molecular flexibility index (Phi) is 5.15. The van der Waals surface area contributed by atoms with Crippen LogP contribution >= 0.6 is 0 Å². The van der Waals surface area contributed by atoms with Crippen molar-refractivity contribution in [3.8, 4) is 5.75 Å². The van der Waals surface area contributed by atoms with Gasteiger partial charge < -0.3 is 10.1 Å². The van der Waals surface area contributed by atoms with Gasteiger partial charge >= 0.3 is 0 Å². The van der Waals surface area contributed by atoms with Gasteiger partial charge in [0, 0.05) is 5.41 Å². The third kappa shape index (κ3) is 3.98. The second-order valence-electron chi connectivity index (χ2n) is 7.43. The summed E-state index contributed by atoms with van der Waals surface area (Å²) in [5.41, 5.74) is 0.679. The van der Waals surface area contributed by atoms with Crippen molar-refractivity contribution >= 4 is 11.7 Å². The smallest absolute Gasteiger partial charge is 0.229 e. The van der Waals surface area contributed by atoms with Gasteiger partial charge in [-0.25, -0.2) is 23.7 Å². The predicted octanol–water partition coefficient (Wildman–Crippen LogP) is 3.74. The van der Waals surface area contributed by atoms with E-state index in [-0.39, 0.29) is 24.1 Å². The average molecular weight is 410 g/mol. The Morgan fingerprint density at radius 3 is 2.70 bits per heavy atom. The Morgan fingerprint density at radius 1 is 1.17 bits per heavy atom.